The second-order valence-electron chi connectivity index (χ2n) is 4.02. The van der Waals surface area contributed by atoms with Gasteiger partial charge in [-0.3, -0.25) is 0 Å². The van der Waals surface area contributed by atoms with Gasteiger partial charge < -0.3 is 10.4 Å². The summed E-state index contributed by atoms with van der Waals surface area (Å²) in [7, 11) is -3.18. The maximum atomic E-state index is 11.9. The van der Waals surface area contributed by atoms with E-state index in [2.05, 4.69) is 5.32 Å². The van der Waals surface area contributed by atoms with Crippen molar-refractivity contribution >= 4 is 27.3 Å². The highest BCUT2D eigenvalue weighted by Gasteiger charge is 2.15. The van der Waals surface area contributed by atoms with Crippen molar-refractivity contribution in [3.63, 3.8) is 0 Å². The van der Waals surface area contributed by atoms with E-state index in [-0.39, 0.29) is 12.4 Å². The van der Waals surface area contributed by atoms with Gasteiger partial charge in [-0.05, 0) is 24.3 Å². The highest BCUT2D eigenvalue weighted by molar-refractivity contribution is 7.99. The van der Waals surface area contributed by atoms with Gasteiger partial charge in [0.25, 0.3) is 0 Å². The van der Waals surface area contributed by atoms with E-state index in [0.29, 0.717) is 17.1 Å². The molecule has 2 N–H and O–H groups in total. The van der Waals surface area contributed by atoms with Gasteiger partial charge in [0.1, 0.15) is 0 Å². The molecule has 0 spiro atoms. The van der Waals surface area contributed by atoms with Crippen molar-refractivity contribution in [2.45, 2.75) is 18.2 Å². The van der Waals surface area contributed by atoms with Crippen molar-refractivity contribution in [1.82, 2.24) is 0 Å². The Morgan fingerprint density at radius 3 is 2.68 bits per heavy atom. The van der Waals surface area contributed by atoms with Gasteiger partial charge >= 0.3 is 0 Å². The van der Waals surface area contributed by atoms with E-state index >= 15 is 0 Å². The van der Waals surface area contributed by atoms with Crippen LogP contribution in [0.2, 0.25) is 0 Å². The summed E-state index contributed by atoms with van der Waals surface area (Å²) in [6.45, 7) is 2.58. The molecule has 0 amide bonds. The molecule has 0 atom stereocenters. The van der Waals surface area contributed by atoms with Crippen LogP contribution in [0.5, 0.6) is 0 Å². The topological polar surface area (TPSA) is 66.4 Å². The van der Waals surface area contributed by atoms with Gasteiger partial charge in [0.15, 0.2) is 9.84 Å². The second-order valence-corrected chi connectivity index (χ2v) is 7.49. The molecule has 1 rings (SSSR count). The van der Waals surface area contributed by atoms with Crippen LogP contribution in [0.15, 0.2) is 29.2 Å². The summed E-state index contributed by atoms with van der Waals surface area (Å²) >= 11 is 1.74. The zero-order chi connectivity index (χ0) is 14.1. The molecule has 0 aliphatic carbocycles. The van der Waals surface area contributed by atoms with Crippen LogP contribution < -0.4 is 5.32 Å². The van der Waals surface area contributed by atoms with Gasteiger partial charge in [-0.15, -0.1) is 0 Å². The molecule has 0 fully saturated rings. The highest BCUT2D eigenvalue weighted by atomic mass is 32.2. The maximum Gasteiger partial charge on any atom is 0.180 e. The number of thioether (sulfide) groups is 1. The summed E-state index contributed by atoms with van der Waals surface area (Å²) < 4.78 is 23.8. The van der Waals surface area contributed by atoms with Crippen molar-refractivity contribution in [3.05, 3.63) is 24.3 Å². The average molecular weight is 303 g/mol. The van der Waals surface area contributed by atoms with E-state index in [1.165, 1.54) is 0 Å². The van der Waals surface area contributed by atoms with Gasteiger partial charge in [0.05, 0.1) is 16.3 Å². The summed E-state index contributed by atoms with van der Waals surface area (Å²) in [5.41, 5.74) is 0.673. The number of nitrogens with one attached hydrogen (secondary N) is 1. The van der Waals surface area contributed by atoms with E-state index in [1.807, 2.05) is 6.07 Å². The van der Waals surface area contributed by atoms with E-state index in [4.69, 9.17) is 5.11 Å². The molecule has 0 aliphatic heterocycles. The fourth-order valence-electron chi connectivity index (χ4n) is 1.57. The Hall–Kier alpha value is -0.720. The minimum Gasteiger partial charge on any atom is -0.396 e. The number of hydrogen-bond acceptors (Lipinski definition) is 5. The molecule has 19 heavy (non-hydrogen) atoms. The summed E-state index contributed by atoms with van der Waals surface area (Å²) in [4.78, 5) is 0.373. The predicted molar refractivity (Wildman–Crippen MR) is 81.7 cm³/mol. The van der Waals surface area contributed by atoms with Gasteiger partial charge in [-0.2, -0.15) is 11.8 Å². The van der Waals surface area contributed by atoms with Crippen molar-refractivity contribution in [2.75, 3.05) is 35.7 Å². The lowest BCUT2D eigenvalue weighted by molar-refractivity contribution is 0.296. The lowest BCUT2D eigenvalue weighted by atomic mass is 10.3. The van der Waals surface area contributed by atoms with Crippen molar-refractivity contribution in [3.8, 4) is 0 Å². The largest absolute Gasteiger partial charge is 0.396 e. The van der Waals surface area contributed by atoms with Gasteiger partial charge in [-0.25, -0.2) is 8.42 Å². The van der Waals surface area contributed by atoms with Crippen LogP contribution in [0.1, 0.15) is 13.3 Å². The first kappa shape index (κ1) is 16.3. The zero-order valence-electron chi connectivity index (χ0n) is 11.1. The minimum atomic E-state index is -3.18. The average Bonchev–Trinajstić information content (AvgIpc) is 2.43. The van der Waals surface area contributed by atoms with Crippen LogP contribution >= 0.6 is 11.8 Å². The molecule has 0 saturated heterocycles. The molecule has 1 aromatic rings. The summed E-state index contributed by atoms with van der Waals surface area (Å²) in [6.07, 6.45) is 0.797. The molecule has 0 bridgehead atoms. The van der Waals surface area contributed by atoms with Gasteiger partial charge in [-0.1, -0.05) is 19.1 Å². The maximum absolute atomic E-state index is 11.9. The quantitative estimate of drug-likeness (QED) is 0.683. The summed E-state index contributed by atoms with van der Waals surface area (Å²) in [5, 5.41) is 11.8. The van der Waals surface area contributed by atoms with Crippen molar-refractivity contribution < 1.29 is 13.5 Å². The first-order valence-corrected chi connectivity index (χ1v) is 9.16. The number of aliphatic hydroxyl groups is 1. The lowest BCUT2D eigenvalue weighted by Gasteiger charge is -2.11. The van der Waals surface area contributed by atoms with Crippen molar-refractivity contribution in [2.24, 2.45) is 0 Å². The molecule has 0 aromatic heterocycles. The first-order valence-electron chi connectivity index (χ1n) is 6.36. The third kappa shape index (κ3) is 5.42. The molecule has 0 radical (unpaired) electrons. The molecule has 0 aliphatic rings. The molecule has 6 heteroatoms. The molecular formula is C13H21NO3S2. The molecule has 108 valence electrons. The SMILES string of the molecule is CCS(=O)(=O)c1ccccc1NCCSCCCO. The number of hydrogen-bond donors (Lipinski definition) is 2. The summed E-state index contributed by atoms with van der Waals surface area (Å²) in [6, 6.07) is 7.00. The first-order chi connectivity index (χ1) is 9.11. The number of para-hydroxylation sites is 1. The Morgan fingerprint density at radius 2 is 2.00 bits per heavy atom. The van der Waals surface area contributed by atoms with Crippen molar-refractivity contribution in [1.29, 1.82) is 0 Å². The number of aliphatic hydroxyl groups excluding tert-OH is 1. The molecule has 0 heterocycles. The fraction of sp³-hybridized carbons (Fsp3) is 0.538. The molecule has 0 unspecified atom stereocenters. The van der Waals surface area contributed by atoms with Gasteiger partial charge in [0.2, 0.25) is 0 Å². The van der Waals surface area contributed by atoms with Crippen LogP contribution in [0.4, 0.5) is 5.69 Å². The zero-order valence-corrected chi connectivity index (χ0v) is 12.8. The Morgan fingerprint density at radius 1 is 1.26 bits per heavy atom. The Balaban J connectivity index is 2.55. The van der Waals surface area contributed by atoms with E-state index < -0.39 is 9.84 Å². The summed E-state index contributed by atoms with van der Waals surface area (Å²) in [5.74, 6) is 1.92. The minimum absolute atomic E-state index is 0.108. The van der Waals surface area contributed by atoms with E-state index in [0.717, 1.165) is 17.9 Å². The number of anilines is 1. The van der Waals surface area contributed by atoms with Crippen LogP contribution in [-0.2, 0) is 9.84 Å². The smallest absolute Gasteiger partial charge is 0.180 e. The van der Waals surface area contributed by atoms with E-state index in [1.54, 1.807) is 36.9 Å². The third-order valence-electron chi connectivity index (χ3n) is 2.61. The van der Waals surface area contributed by atoms with Crippen LogP contribution in [0.3, 0.4) is 0 Å². The number of sulfone groups is 1. The van der Waals surface area contributed by atoms with Crippen LogP contribution in [0, 0.1) is 0 Å². The van der Waals surface area contributed by atoms with Crippen LogP contribution in [0.25, 0.3) is 0 Å². The Kier molecular flexibility index (Phi) is 7.27. The van der Waals surface area contributed by atoms with Crippen LogP contribution in [-0.4, -0.2) is 43.9 Å². The number of benzene rings is 1. The third-order valence-corrected chi connectivity index (χ3v) is 5.47. The highest BCUT2D eigenvalue weighted by Crippen LogP contribution is 2.21. The fourth-order valence-corrected chi connectivity index (χ4v) is 3.42. The molecule has 0 saturated carbocycles. The standard InChI is InChI=1S/C13H21NO3S2/c1-2-19(16,17)13-7-4-3-6-12(13)14-8-11-18-10-5-9-15/h3-4,6-7,14-15H,2,5,8-11H2,1H3. The normalized spacial score (nSPS) is 11.5. The van der Waals surface area contributed by atoms with Gasteiger partial charge in [0, 0.05) is 18.9 Å². The molecule has 1 aromatic carbocycles. The Labute approximate surface area is 119 Å². The van der Waals surface area contributed by atoms with E-state index in [9.17, 15) is 8.42 Å². The molecule has 4 nitrogen and oxygen atoms in total. The second kappa shape index (κ2) is 8.45. The monoisotopic (exact) mass is 303 g/mol. The predicted octanol–water partition coefficient (Wildman–Crippen LogP) is 2.01. The Bertz CT molecular complexity index is 475. The molecular weight excluding hydrogens is 282 g/mol. The number of rotatable bonds is 9. The lowest BCUT2D eigenvalue weighted by Crippen LogP contribution is -2.11.